The molecule has 0 atom stereocenters. The van der Waals surface area contributed by atoms with Gasteiger partial charge < -0.3 is 24.3 Å². The van der Waals surface area contributed by atoms with Gasteiger partial charge in [-0.25, -0.2) is 0 Å². The Morgan fingerprint density at radius 2 is 2.19 bits per heavy atom. The fraction of sp³-hybridized carbons (Fsp3) is 0.125. The van der Waals surface area contributed by atoms with E-state index in [0.717, 1.165) is 0 Å². The Morgan fingerprint density at radius 1 is 1.50 bits per heavy atom. The van der Waals surface area contributed by atoms with Crippen LogP contribution in [0.4, 0.5) is 0 Å². The zero-order chi connectivity index (χ0) is 11.0. The molecule has 1 aromatic rings. The number of rotatable bonds is 1. The van der Waals surface area contributed by atoms with Crippen molar-refractivity contribution < 1.29 is 53.9 Å². The molecule has 0 bridgehead atoms. The van der Waals surface area contributed by atoms with E-state index in [4.69, 9.17) is 26.0 Å². The molecule has 0 amide bonds. The third kappa shape index (κ3) is 2.47. The number of ether oxygens (including phenoxy) is 1. The summed E-state index contributed by atoms with van der Waals surface area (Å²) in [7, 11) is -1.20. The molecule has 78 valence electrons. The Kier molecular flexibility index (Phi) is 4.52. The van der Waals surface area contributed by atoms with Crippen LogP contribution in [-0.4, -0.2) is 24.6 Å². The molecule has 16 heavy (non-hydrogen) atoms. The zero-order valence-electron chi connectivity index (χ0n) is 8.40. The largest absolute Gasteiger partial charge is 1.00 e. The summed E-state index contributed by atoms with van der Waals surface area (Å²) in [4.78, 5) is 10.7. The number of fused-ring (bicyclic) bond motifs is 1. The van der Waals surface area contributed by atoms with Gasteiger partial charge in [0.25, 0.3) is 0 Å². The molecule has 0 aliphatic carbocycles. The monoisotopic (exact) mass is 250 g/mol. The smallest absolute Gasteiger partial charge is 0.545 e. The predicted octanol–water partition coefficient (Wildman–Crippen LogP) is -3.50. The number of carbonyl (C=O) groups is 1. The molecule has 0 spiro atoms. The number of carboxylic acids is 1. The quantitative estimate of drug-likeness (QED) is 0.523. The van der Waals surface area contributed by atoms with Crippen molar-refractivity contribution in [3.63, 3.8) is 0 Å². The number of carboxylic acid groups (broad SMARTS) is 1. The molecule has 1 aliphatic heterocycles. The summed E-state index contributed by atoms with van der Waals surface area (Å²) in [6, 6.07) is 2.60. The molecule has 0 aromatic heterocycles. The molecule has 0 radical (unpaired) electrons. The maximum Gasteiger partial charge on any atom is 1.00 e. The van der Waals surface area contributed by atoms with Crippen LogP contribution in [0.25, 0.3) is 0 Å². The van der Waals surface area contributed by atoms with Crippen LogP contribution in [0.1, 0.15) is 10.4 Å². The molecule has 0 unspecified atom stereocenters. The van der Waals surface area contributed by atoms with Crippen LogP contribution in [-0.2, 0) is 0 Å². The minimum absolute atomic E-state index is 0. The molecule has 1 N–H and O–H groups in total. The van der Waals surface area contributed by atoms with Crippen LogP contribution in [0.5, 0.6) is 11.5 Å². The van der Waals surface area contributed by atoms with Gasteiger partial charge in [0.1, 0.15) is 6.51 Å². The Morgan fingerprint density at radius 3 is 2.81 bits per heavy atom. The molecule has 2 rings (SSSR count). The molecule has 0 saturated heterocycles. The first kappa shape index (κ1) is 13.7. The van der Waals surface area contributed by atoms with Gasteiger partial charge in [0, 0.05) is 5.56 Å². The zero-order valence-corrected chi connectivity index (χ0v) is 11.2. The number of carbonyl (C=O) groups excluding carboxylic acids is 1. The Balaban J connectivity index is 0.00000128. The van der Waals surface area contributed by atoms with E-state index in [1.807, 2.05) is 0 Å². The minimum atomic E-state index is -1.42. The first-order valence-electron chi connectivity index (χ1n) is 4.11. The van der Waals surface area contributed by atoms with Crippen LogP contribution >= 0.6 is 11.6 Å². The molecular formula is C8H5BClNaO5. The van der Waals surface area contributed by atoms with Gasteiger partial charge in [0.15, 0.2) is 11.5 Å². The van der Waals surface area contributed by atoms with Crippen molar-refractivity contribution in [2.75, 3.05) is 6.51 Å². The number of benzene rings is 1. The van der Waals surface area contributed by atoms with Crippen LogP contribution in [0.15, 0.2) is 12.1 Å². The van der Waals surface area contributed by atoms with E-state index in [1.54, 1.807) is 0 Å². The summed E-state index contributed by atoms with van der Waals surface area (Å²) < 4.78 is 9.99. The second-order valence-electron chi connectivity index (χ2n) is 2.92. The maximum absolute atomic E-state index is 10.7. The SMILES string of the molecule is O=C([O-])c1ccc(Cl)c2c1OB(O)CO2.[Na+]. The molecule has 0 saturated carbocycles. The van der Waals surface area contributed by atoms with Gasteiger partial charge in [-0.05, 0) is 12.1 Å². The van der Waals surface area contributed by atoms with Gasteiger partial charge in [-0.15, -0.1) is 0 Å². The summed E-state index contributed by atoms with van der Waals surface area (Å²) in [5, 5.41) is 20.1. The van der Waals surface area contributed by atoms with E-state index in [-0.39, 0.29) is 58.1 Å². The average Bonchev–Trinajstić information content (AvgIpc) is 2.17. The van der Waals surface area contributed by atoms with Crippen LogP contribution in [0, 0.1) is 0 Å². The summed E-state index contributed by atoms with van der Waals surface area (Å²) in [5.74, 6) is -1.40. The maximum atomic E-state index is 10.7. The van der Waals surface area contributed by atoms with Crippen LogP contribution in [0.3, 0.4) is 0 Å². The summed E-state index contributed by atoms with van der Waals surface area (Å²) in [6.07, 6.45) is 0. The van der Waals surface area contributed by atoms with Gasteiger partial charge in [-0.3, -0.25) is 0 Å². The Hall–Kier alpha value is -0.395. The van der Waals surface area contributed by atoms with Gasteiger partial charge in [-0.2, -0.15) is 0 Å². The molecule has 5 nitrogen and oxygen atoms in total. The van der Waals surface area contributed by atoms with Gasteiger partial charge >= 0.3 is 36.7 Å². The third-order valence-electron chi connectivity index (χ3n) is 1.91. The average molecular weight is 250 g/mol. The first-order valence-corrected chi connectivity index (χ1v) is 4.48. The molecule has 8 heteroatoms. The van der Waals surface area contributed by atoms with E-state index in [2.05, 4.69) is 0 Å². The molecule has 1 aliphatic rings. The van der Waals surface area contributed by atoms with Crippen molar-refractivity contribution in [2.45, 2.75) is 0 Å². The molecular weight excluding hydrogens is 245 g/mol. The number of halogens is 1. The van der Waals surface area contributed by atoms with Crippen LogP contribution < -0.4 is 44.1 Å². The normalized spacial score (nSPS) is 13.0. The van der Waals surface area contributed by atoms with Crippen molar-refractivity contribution in [1.29, 1.82) is 0 Å². The minimum Gasteiger partial charge on any atom is -0.545 e. The third-order valence-corrected chi connectivity index (χ3v) is 2.21. The predicted molar refractivity (Wildman–Crippen MR) is 49.9 cm³/mol. The fourth-order valence-corrected chi connectivity index (χ4v) is 1.48. The Bertz CT molecular complexity index is 427. The van der Waals surface area contributed by atoms with Crippen molar-refractivity contribution in [2.24, 2.45) is 0 Å². The second kappa shape index (κ2) is 5.29. The first-order chi connectivity index (χ1) is 7.09. The van der Waals surface area contributed by atoms with Gasteiger partial charge in [-0.1, -0.05) is 11.6 Å². The molecule has 0 fully saturated rings. The van der Waals surface area contributed by atoms with Gasteiger partial charge in [0.05, 0.1) is 11.0 Å². The van der Waals surface area contributed by atoms with Crippen molar-refractivity contribution in [3.8, 4) is 11.5 Å². The summed E-state index contributed by atoms with van der Waals surface area (Å²) in [5.41, 5.74) is -0.201. The van der Waals surface area contributed by atoms with E-state index < -0.39 is 13.1 Å². The van der Waals surface area contributed by atoms with E-state index >= 15 is 0 Å². The number of hydrogen-bond donors (Lipinski definition) is 1. The van der Waals surface area contributed by atoms with Crippen molar-refractivity contribution in [3.05, 3.63) is 22.7 Å². The van der Waals surface area contributed by atoms with Gasteiger partial charge in [0.2, 0.25) is 0 Å². The van der Waals surface area contributed by atoms with E-state index in [0.29, 0.717) is 0 Å². The van der Waals surface area contributed by atoms with Crippen molar-refractivity contribution in [1.82, 2.24) is 0 Å². The fourth-order valence-electron chi connectivity index (χ4n) is 1.28. The van der Waals surface area contributed by atoms with Crippen LogP contribution in [0.2, 0.25) is 5.02 Å². The topological polar surface area (TPSA) is 78.8 Å². The molecule has 1 aromatic carbocycles. The number of hydrogen-bond acceptors (Lipinski definition) is 5. The second-order valence-corrected chi connectivity index (χ2v) is 3.33. The Labute approximate surface area is 119 Å². The van der Waals surface area contributed by atoms with Crippen molar-refractivity contribution >= 4 is 24.7 Å². The summed E-state index contributed by atoms with van der Waals surface area (Å²) in [6.45, 7) is -0.0940. The van der Waals surface area contributed by atoms with E-state index in [9.17, 15) is 9.90 Å². The standard InChI is InChI=1S/C8H6BClO5.Na/c10-5-2-1-4(8(11)12)6-7(5)14-3-9(13)15-6;/h1-2,13H,3H2,(H,11,12);/q;+1/p-1. The number of aromatic carboxylic acids is 1. The summed E-state index contributed by atoms with van der Waals surface area (Å²) >= 11 is 5.77. The molecule has 1 heterocycles. The van der Waals surface area contributed by atoms with E-state index in [1.165, 1.54) is 12.1 Å².